The maximum atomic E-state index is 13.3. The molecule has 3 rings (SSSR count). The molecule has 0 atom stereocenters. The van der Waals surface area contributed by atoms with E-state index in [0.29, 0.717) is 16.5 Å². The van der Waals surface area contributed by atoms with Crippen molar-refractivity contribution < 1.29 is 4.39 Å². The first-order valence-electron chi connectivity index (χ1n) is 5.94. The van der Waals surface area contributed by atoms with E-state index < -0.39 is 5.82 Å². The second-order valence-electron chi connectivity index (χ2n) is 4.36. The third-order valence-electron chi connectivity index (χ3n) is 3.12. The fraction of sp³-hybridized carbons (Fsp3) is 0.0667. The number of benzene rings is 1. The number of hydrogen-bond acceptors (Lipinski definition) is 3. The van der Waals surface area contributed by atoms with Crippen LogP contribution in [0.5, 0.6) is 0 Å². The third-order valence-corrected chi connectivity index (χ3v) is 4.00. The molecule has 20 heavy (non-hydrogen) atoms. The van der Waals surface area contributed by atoms with Crippen LogP contribution in [0, 0.1) is 17.1 Å². The molecule has 2 aromatic heterocycles. The fourth-order valence-electron chi connectivity index (χ4n) is 2.12. The Morgan fingerprint density at radius 2 is 2.15 bits per heavy atom. The molecule has 0 aliphatic carbocycles. The van der Waals surface area contributed by atoms with Crippen molar-refractivity contribution in [3.63, 3.8) is 0 Å². The number of fused-ring (bicyclic) bond motifs is 1. The minimum atomic E-state index is -0.413. The highest BCUT2D eigenvalue weighted by Crippen LogP contribution is 2.17. The van der Waals surface area contributed by atoms with Gasteiger partial charge in [-0.1, -0.05) is 0 Å². The maximum absolute atomic E-state index is 13.3. The van der Waals surface area contributed by atoms with Crippen LogP contribution in [0.4, 0.5) is 4.39 Å². The molecule has 3 aromatic rings. The van der Waals surface area contributed by atoms with Gasteiger partial charge in [0.05, 0.1) is 23.6 Å². The number of nitrogens with zero attached hydrogens (tertiary/aromatic N) is 2. The summed E-state index contributed by atoms with van der Waals surface area (Å²) in [7, 11) is 0. The summed E-state index contributed by atoms with van der Waals surface area (Å²) in [5.41, 5.74) is 0.754. The van der Waals surface area contributed by atoms with Crippen molar-refractivity contribution in [2.24, 2.45) is 0 Å². The zero-order chi connectivity index (χ0) is 14.1. The summed E-state index contributed by atoms with van der Waals surface area (Å²) < 4.78 is 15.7. The molecule has 2 heterocycles. The Morgan fingerprint density at radius 1 is 1.30 bits per heavy atom. The first-order chi connectivity index (χ1) is 9.69. The Kier molecular flexibility index (Phi) is 3.09. The predicted octanol–water partition coefficient (Wildman–Crippen LogP) is 3.12. The van der Waals surface area contributed by atoms with Crippen LogP contribution in [-0.2, 0) is 6.54 Å². The van der Waals surface area contributed by atoms with Gasteiger partial charge in [-0.2, -0.15) is 5.26 Å². The van der Waals surface area contributed by atoms with Gasteiger partial charge in [0.1, 0.15) is 5.82 Å². The Balaban J connectivity index is 2.10. The van der Waals surface area contributed by atoms with Gasteiger partial charge >= 0.3 is 0 Å². The van der Waals surface area contributed by atoms with Gasteiger partial charge < -0.3 is 4.57 Å². The second-order valence-corrected chi connectivity index (χ2v) is 5.31. The highest BCUT2D eigenvalue weighted by atomic mass is 32.1. The van der Waals surface area contributed by atoms with Crippen LogP contribution >= 0.6 is 11.3 Å². The van der Waals surface area contributed by atoms with E-state index in [-0.39, 0.29) is 12.1 Å². The van der Waals surface area contributed by atoms with Gasteiger partial charge in [0, 0.05) is 10.9 Å². The van der Waals surface area contributed by atoms with Crippen molar-refractivity contribution in [1.82, 2.24) is 4.57 Å². The van der Waals surface area contributed by atoms with Gasteiger partial charge in [0.2, 0.25) is 0 Å². The third kappa shape index (κ3) is 2.10. The summed E-state index contributed by atoms with van der Waals surface area (Å²) in [6.45, 7) is 0.186. The molecule has 0 saturated carbocycles. The standard InChI is InChI=1S/C15H9FN2OS/c16-12-2-1-10(8-17)11(7-12)9-18-5-3-14-13(15(18)19)4-6-20-14/h1-7H,9H2. The summed E-state index contributed by atoms with van der Waals surface area (Å²) in [4.78, 5) is 12.3. The van der Waals surface area contributed by atoms with Crippen molar-refractivity contribution in [2.75, 3.05) is 0 Å². The topological polar surface area (TPSA) is 45.8 Å². The summed E-state index contributed by atoms with van der Waals surface area (Å²) in [6.07, 6.45) is 1.67. The van der Waals surface area contributed by atoms with E-state index in [1.165, 1.54) is 34.1 Å². The molecule has 0 aliphatic rings. The lowest BCUT2D eigenvalue weighted by molar-refractivity contribution is 0.622. The van der Waals surface area contributed by atoms with Crippen LogP contribution in [0.1, 0.15) is 11.1 Å². The second kappa shape index (κ2) is 4.91. The van der Waals surface area contributed by atoms with Gasteiger partial charge in [-0.25, -0.2) is 4.39 Å². The monoisotopic (exact) mass is 284 g/mol. The molecule has 98 valence electrons. The van der Waals surface area contributed by atoms with E-state index in [9.17, 15) is 9.18 Å². The van der Waals surface area contributed by atoms with E-state index >= 15 is 0 Å². The van der Waals surface area contributed by atoms with Crippen LogP contribution in [-0.4, -0.2) is 4.57 Å². The Hall–Kier alpha value is -2.45. The zero-order valence-corrected chi connectivity index (χ0v) is 11.2. The van der Waals surface area contributed by atoms with Gasteiger partial charge in [-0.05, 0) is 41.3 Å². The first kappa shape index (κ1) is 12.6. The van der Waals surface area contributed by atoms with Crippen molar-refractivity contribution in [1.29, 1.82) is 5.26 Å². The molecule has 0 bridgehead atoms. The molecule has 5 heteroatoms. The molecule has 0 unspecified atom stereocenters. The largest absolute Gasteiger partial charge is 0.310 e. The Morgan fingerprint density at radius 3 is 2.95 bits per heavy atom. The zero-order valence-electron chi connectivity index (χ0n) is 10.3. The van der Waals surface area contributed by atoms with Crippen molar-refractivity contribution in [2.45, 2.75) is 6.54 Å². The summed E-state index contributed by atoms with van der Waals surface area (Å²) >= 11 is 1.50. The maximum Gasteiger partial charge on any atom is 0.259 e. The summed E-state index contributed by atoms with van der Waals surface area (Å²) in [5, 5.41) is 11.5. The number of aromatic nitrogens is 1. The van der Waals surface area contributed by atoms with Gasteiger partial charge in [-0.15, -0.1) is 11.3 Å². The van der Waals surface area contributed by atoms with Crippen LogP contribution in [0.25, 0.3) is 10.1 Å². The first-order valence-corrected chi connectivity index (χ1v) is 6.82. The molecule has 0 saturated heterocycles. The summed E-state index contributed by atoms with van der Waals surface area (Å²) in [5.74, 6) is -0.413. The smallest absolute Gasteiger partial charge is 0.259 e. The van der Waals surface area contributed by atoms with E-state index in [2.05, 4.69) is 0 Å². The van der Waals surface area contributed by atoms with Crippen molar-refractivity contribution >= 4 is 21.4 Å². The van der Waals surface area contributed by atoms with Gasteiger partial charge in [0.25, 0.3) is 5.56 Å². The predicted molar refractivity (Wildman–Crippen MR) is 76.3 cm³/mol. The van der Waals surface area contributed by atoms with Gasteiger partial charge in [-0.3, -0.25) is 4.79 Å². The van der Waals surface area contributed by atoms with Crippen LogP contribution in [0.2, 0.25) is 0 Å². The number of rotatable bonds is 2. The number of thiophene rings is 1. The summed E-state index contributed by atoms with van der Waals surface area (Å²) in [6, 6.07) is 9.61. The molecule has 0 N–H and O–H groups in total. The number of hydrogen-bond donors (Lipinski definition) is 0. The minimum absolute atomic E-state index is 0.128. The number of nitriles is 1. The van der Waals surface area contributed by atoms with E-state index in [1.54, 1.807) is 12.3 Å². The van der Waals surface area contributed by atoms with Crippen molar-refractivity contribution in [3.8, 4) is 6.07 Å². The lowest BCUT2D eigenvalue weighted by atomic mass is 10.1. The molecule has 0 fully saturated rings. The highest BCUT2D eigenvalue weighted by Gasteiger charge is 2.08. The van der Waals surface area contributed by atoms with E-state index in [4.69, 9.17) is 5.26 Å². The molecule has 0 aliphatic heterocycles. The molecule has 0 amide bonds. The molecule has 3 nitrogen and oxygen atoms in total. The highest BCUT2D eigenvalue weighted by molar-refractivity contribution is 7.17. The molecular formula is C15H9FN2OS. The van der Waals surface area contributed by atoms with E-state index in [1.807, 2.05) is 17.5 Å². The average Bonchev–Trinajstić information content (AvgIpc) is 2.91. The Labute approximate surface area is 118 Å². The minimum Gasteiger partial charge on any atom is -0.310 e. The number of pyridine rings is 1. The Bertz CT molecular complexity index is 889. The SMILES string of the molecule is N#Cc1ccc(F)cc1Cn1ccc2sccc2c1=O. The molecule has 0 radical (unpaired) electrons. The lowest BCUT2D eigenvalue weighted by Crippen LogP contribution is -2.20. The van der Waals surface area contributed by atoms with Crippen LogP contribution in [0.15, 0.2) is 46.7 Å². The fourth-order valence-corrected chi connectivity index (χ4v) is 2.89. The molecule has 1 aromatic carbocycles. The normalized spacial score (nSPS) is 10.6. The van der Waals surface area contributed by atoms with Crippen LogP contribution in [0.3, 0.4) is 0 Å². The molecular weight excluding hydrogens is 275 g/mol. The van der Waals surface area contributed by atoms with Crippen molar-refractivity contribution in [3.05, 3.63) is 69.2 Å². The van der Waals surface area contributed by atoms with Crippen LogP contribution < -0.4 is 5.56 Å². The quantitative estimate of drug-likeness (QED) is 0.726. The molecule has 0 spiro atoms. The number of halogens is 1. The average molecular weight is 284 g/mol. The lowest BCUT2D eigenvalue weighted by Gasteiger charge is -2.07. The van der Waals surface area contributed by atoms with Gasteiger partial charge in [0.15, 0.2) is 0 Å². The van der Waals surface area contributed by atoms with E-state index in [0.717, 1.165) is 4.70 Å².